The molecule has 0 radical (unpaired) electrons. The number of carbonyl (C=O) groups is 1. The molecule has 1 fully saturated rings. The minimum Gasteiger partial charge on any atom is -0.362 e. The first kappa shape index (κ1) is 17.7. The van der Waals surface area contributed by atoms with Crippen molar-refractivity contribution in [1.29, 1.82) is 0 Å². The minimum absolute atomic E-state index is 0.120. The number of hydrogen-bond donors (Lipinski definition) is 0. The second-order valence-electron chi connectivity index (χ2n) is 6.05. The van der Waals surface area contributed by atoms with Crippen LogP contribution in [0.15, 0.2) is 51.7 Å². The first-order valence-electron chi connectivity index (χ1n) is 8.41. The van der Waals surface area contributed by atoms with Crippen LogP contribution in [0, 0.1) is 10.1 Å². The molecule has 27 heavy (non-hydrogen) atoms. The van der Waals surface area contributed by atoms with Gasteiger partial charge in [-0.1, -0.05) is 18.2 Å². The summed E-state index contributed by atoms with van der Waals surface area (Å²) in [7, 11) is 0. The maximum Gasteiger partial charge on any atom is 0.292 e. The number of nitro groups is 1. The molecular weight excluding hydrogens is 384 g/mol. The molecule has 2 aliphatic rings. The van der Waals surface area contributed by atoms with Crippen LogP contribution in [0.5, 0.6) is 0 Å². The third-order valence-electron chi connectivity index (χ3n) is 4.40. The van der Waals surface area contributed by atoms with Gasteiger partial charge in [-0.15, -0.1) is 11.3 Å². The summed E-state index contributed by atoms with van der Waals surface area (Å²) in [5.41, 5.74) is 0.757. The van der Waals surface area contributed by atoms with E-state index in [9.17, 15) is 14.9 Å². The maximum atomic E-state index is 12.2. The van der Waals surface area contributed by atoms with Crippen LogP contribution < -0.4 is 4.90 Å². The van der Waals surface area contributed by atoms with E-state index in [1.165, 1.54) is 17.8 Å². The van der Waals surface area contributed by atoms with Gasteiger partial charge in [-0.2, -0.15) is 4.99 Å². The van der Waals surface area contributed by atoms with Gasteiger partial charge in [0.25, 0.3) is 11.6 Å². The van der Waals surface area contributed by atoms with E-state index in [4.69, 9.17) is 0 Å². The van der Waals surface area contributed by atoms with Gasteiger partial charge in [0.05, 0.1) is 9.83 Å². The van der Waals surface area contributed by atoms with Crippen LogP contribution >= 0.6 is 23.1 Å². The highest BCUT2D eigenvalue weighted by Gasteiger charge is 2.30. The number of nitrogens with zero attached hydrogens (tertiary/aromatic N) is 4. The van der Waals surface area contributed by atoms with Crippen LogP contribution in [0.25, 0.3) is 6.08 Å². The monoisotopic (exact) mass is 400 g/mol. The number of thiophene rings is 1. The summed E-state index contributed by atoms with van der Waals surface area (Å²) < 4.78 is 0. The van der Waals surface area contributed by atoms with Crippen molar-refractivity contribution in [2.45, 2.75) is 0 Å². The SMILES string of the molecule is O=C1N=C(N2CCN(c3ccccc3[N+](=O)[O-])CC2)SC1=Cc1cccs1. The highest BCUT2D eigenvalue weighted by molar-refractivity contribution is 8.18. The van der Waals surface area contributed by atoms with Crippen molar-refractivity contribution in [2.75, 3.05) is 31.1 Å². The quantitative estimate of drug-likeness (QED) is 0.446. The van der Waals surface area contributed by atoms with Crippen LogP contribution in [0.2, 0.25) is 0 Å². The molecule has 0 bridgehead atoms. The zero-order valence-electron chi connectivity index (χ0n) is 14.3. The number of rotatable bonds is 3. The van der Waals surface area contributed by atoms with Crippen LogP contribution in [-0.2, 0) is 4.79 Å². The highest BCUT2D eigenvalue weighted by atomic mass is 32.2. The van der Waals surface area contributed by atoms with Crippen molar-refractivity contribution in [3.8, 4) is 0 Å². The molecule has 9 heteroatoms. The van der Waals surface area contributed by atoms with Crippen LogP contribution in [0.4, 0.5) is 11.4 Å². The zero-order chi connectivity index (χ0) is 18.8. The van der Waals surface area contributed by atoms with Gasteiger partial charge in [0, 0.05) is 37.1 Å². The molecule has 1 aromatic heterocycles. The Kier molecular flexibility index (Phi) is 4.95. The fraction of sp³-hybridized carbons (Fsp3) is 0.222. The molecule has 1 amide bonds. The highest BCUT2D eigenvalue weighted by Crippen LogP contribution is 2.33. The van der Waals surface area contributed by atoms with Crippen molar-refractivity contribution in [1.82, 2.24) is 4.90 Å². The Hall–Kier alpha value is -2.65. The molecule has 138 valence electrons. The topological polar surface area (TPSA) is 79.0 Å². The summed E-state index contributed by atoms with van der Waals surface area (Å²) in [6, 6.07) is 10.7. The number of hydrogen-bond acceptors (Lipinski definition) is 7. The molecule has 0 atom stereocenters. The Morgan fingerprint density at radius 2 is 1.81 bits per heavy atom. The van der Waals surface area contributed by atoms with Crippen LogP contribution in [0.1, 0.15) is 4.88 Å². The number of piperazine rings is 1. The third-order valence-corrected chi connectivity index (χ3v) is 6.26. The smallest absolute Gasteiger partial charge is 0.292 e. The lowest BCUT2D eigenvalue weighted by Crippen LogP contribution is -2.48. The van der Waals surface area contributed by atoms with E-state index in [0.717, 1.165) is 4.88 Å². The second kappa shape index (κ2) is 7.53. The molecule has 7 nitrogen and oxygen atoms in total. The van der Waals surface area contributed by atoms with Gasteiger partial charge in [-0.3, -0.25) is 14.9 Å². The van der Waals surface area contributed by atoms with E-state index in [-0.39, 0.29) is 16.5 Å². The lowest BCUT2D eigenvalue weighted by Gasteiger charge is -2.36. The Balaban J connectivity index is 1.42. The van der Waals surface area contributed by atoms with Gasteiger partial charge in [-0.25, -0.2) is 0 Å². The maximum absolute atomic E-state index is 12.2. The summed E-state index contributed by atoms with van der Waals surface area (Å²) in [5.74, 6) is -0.204. The molecule has 1 aromatic carbocycles. The van der Waals surface area contributed by atoms with Crippen molar-refractivity contribution in [3.63, 3.8) is 0 Å². The Morgan fingerprint density at radius 3 is 2.52 bits per heavy atom. The molecule has 1 saturated heterocycles. The first-order valence-corrected chi connectivity index (χ1v) is 10.1. The number of amidine groups is 1. The molecule has 4 rings (SSSR count). The minimum atomic E-state index is -0.348. The molecule has 3 heterocycles. The fourth-order valence-electron chi connectivity index (χ4n) is 3.06. The number of aliphatic imine (C=N–C) groups is 1. The van der Waals surface area contributed by atoms with E-state index < -0.39 is 0 Å². The molecule has 0 saturated carbocycles. The number of thioether (sulfide) groups is 1. The van der Waals surface area contributed by atoms with Gasteiger partial charge < -0.3 is 9.80 Å². The molecule has 2 aliphatic heterocycles. The Bertz CT molecular complexity index is 932. The molecule has 0 N–H and O–H groups in total. The van der Waals surface area contributed by atoms with Crippen molar-refractivity contribution < 1.29 is 9.72 Å². The summed E-state index contributed by atoms with van der Waals surface area (Å²) in [6.07, 6.45) is 1.87. The van der Waals surface area contributed by atoms with E-state index in [2.05, 4.69) is 9.89 Å². The predicted octanol–water partition coefficient (Wildman–Crippen LogP) is 3.45. The molecule has 0 spiro atoms. The largest absolute Gasteiger partial charge is 0.362 e. The van der Waals surface area contributed by atoms with Crippen molar-refractivity contribution in [2.24, 2.45) is 4.99 Å². The second-order valence-corrected chi connectivity index (χ2v) is 8.03. The number of anilines is 1. The first-order chi connectivity index (χ1) is 13.1. The standard InChI is InChI=1S/C18H16N4O3S2/c23-17-16(12-13-4-3-11-26-13)27-18(19-17)21-9-7-20(8-10-21)14-5-1-2-6-15(14)22(24)25/h1-6,11-12H,7-10H2. The fourth-order valence-corrected chi connectivity index (χ4v) is 4.75. The Labute approximate surface area is 164 Å². The van der Waals surface area contributed by atoms with Crippen LogP contribution in [0.3, 0.4) is 0 Å². The average molecular weight is 400 g/mol. The number of para-hydroxylation sites is 2. The molecule has 0 aliphatic carbocycles. The van der Waals surface area contributed by atoms with E-state index >= 15 is 0 Å². The van der Waals surface area contributed by atoms with Gasteiger partial charge in [0.15, 0.2) is 5.17 Å². The van der Waals surface area contributed by atoms with Crippen molar-refractivity contribution >= 4 is 51.6 Å². The molecule has 0 unspecified atom stereocenters. The number of nitro benzene ring substituents is 1. The van der Waals surface area contributed by atoms with Crippen molar-refractivity contribution in [3.05, 3.63) is 61.7 Å². The molecular formula is C18H16N4O3S2. The zero-order valence-corrected chi connectivity index (χ0v) is 15.9. The lowest BCUT2D eigenvalue weighted by molar-refractivity contribution is -0.384. The lowest BCUT2D eigenvalue weighted by atomic mass is 10.2. The number of benzene rings is 1. The third kappa shape index (κ3) is 3.74. The average Bonchev–Trinajstić information content (AvgIpc) is 3.32. The summed E-state index contributed by atoms with van der Waals surface area (Å²) >= 11 is 2.98. The molecule has 2 aromatic rings. The normalized spacial score (nSPS) is 18.9. The number of amides is 1. The van der Waals surface area contributed by atoms with Gasteiger partial charge >= 0.3 is 0 Å². The summed E-state index contributed by atoms with van der Waals surface area (Å²) in [4.78, 5) is 33.0. The van der Waals surface area contributed by atoms with E-state index in [1.807, 2.05) is 34.6 Å². The van der Waals surface area contributed by atoms with Crippen LogP contribution in [-0.4, -0.2) is 47.1 Å². The van der Waals surface area contributed by atoms with E-state index in [1.54, 1.807) is 23.5 Å². The predicted molar refractivity (Wildman–Crippen MR) is 109 cm³/mol. The summed E-state index contributed by atoms with van der Waals surface area (Å²) in [5, 5.41) is 13.9. The van der Waals surface area contributed by atoms with E-state index in [0.29, 0.717) is 41.9 Å². The number of carbonyl (C=O) groups excluding carboxylic acids is 1. The van der Waals surface area contributed by atoms with Gasteiger partial charge in [0.2, 0.25) is 0 Å². The van der Waals surface area contributed by atoms with Gasteiger partial charge in [0.1, 0.15) is 5.69 Å². The van der Waals surface area contributed by atoms with Gasteiger partial charge in [-0.05, 0) is 35.4 Å². The Morgan fingerprint density at radius 1 is 1.07 bits per heavy atom. The summed E-state index contributed by atoms with van der Waals surface area (Å²) in [6.45, 7) is 2.61.